The van der Waals surface area contributed by atoms with E-state index in [1.165, 1.54) is 0 Å². The highest BCUT2D eigenvalue weighted by molar-refractivity contribution is 6.22. The summed E-state index contributed by atoms with van der Waals surface area (Å²) in [4.78, 5) is 15.7. The van der Waals surface area contributed by atoms with Crippen molar-refractivity contribution < 1.29 is 9.53 Å². The van der Waals surface area contributed by atoms with Gasteiger partial charge in [-0.15, -0.1) is 11.6 Å². The van der Waals surface area contributed by atoms with E-state index in [2.05, 4.69) is 29.2 Å². The fourth-order valence-electron chi connectivity index (χ4n) is 3.98. The standard InChI is InChI=1S/C30H28ClNO2/c31-28(27-19-11-4-12-20-27)29(30(33)34-23-26-17-9-3-10-18-26)32(21-24-13-5-1-6-14-24)22-25-15-7-2-8-16-25/h1-20,28-29H,21-23H2/t28-,29+/m0/s1. The number of alkyl halides is 1. The van der Waals surface area contributed by atoms with Crippen molar-refractivity contribution in [1.82, 2.24) is 4.90 Å². The van der Waals surface area contributed by atoms with Crippen LogP contribution in [0.25, 0.3) is 0 Å². The molecule has 3 nitrogen and oxygen atoms in total. The van der Waals surface area contributed by atoms with Gasteiger partial charge in [-0.1, -0.05) is 121 Å². The third kappa shape index (κ3) is 6.57. The summed E-state index contributed by atoms with van der Waals surface area (Å²) in [6, 6.07) is 39.1. The highest BCUT2D eigenvalue weighted by Crippen LogP contribution is 2.31. The lowest BCUT2D eigenvalue weighted by molar-refractivity contribution is -0.152. The maximum absolute atomic E-state index is 13.6. The van der Waals surface area contributed by atoms with Gasteiger partial charge >= 0.3 is 5.97 Å². The lowest BCUT2D eigenvalue weighted by Crippen LogP contribution is -2.44. The molecule has 4 aromatic carbocycles. The van der Waals surface area contributed by atoms with Crippen LogP contribution in [0.2, 0.25) is 0 Å². The second-order valence-electron chi connectivity index (χ2n) is 8.23. The largest absolute Gasteiger partial charge is 0.460 e. The number of rotatable bonds is 10. The molecule has 4 heteroatoms. The van der Waals surface area contributed by atoms with Gasteiger partial charge in [0.25, 0.3) is 0 Å². The van der Waals surface area contributed by atoms with Gasteiger partial charge in [0.1, 0.15) is 12.6 Å². The van der Waals surface area contributed by atoms with Crippen LogP contribution in [0.5, 0.6) is 0 Å². The summed E-state index contributed by atoms with van der Waals surface area (Å²) in [5, 5.41) is -0.572. The smallest absolute Gasteiger partial charge is 0.325 e. The number of carbonyl (C=O) groups excluding carboxylic acids is 1. The number of carbonyl (C=O) groups is 1. The highest BCUT2D eigenvalue weighted by atomic mass is 35.5. The van der Waals surface area contributed by atoms with E-state index in [0.29, 0.717) is 13.1 Å². The van der Waals surface area contributed by atoms with Crippen molar-refractivity contribution in [1.29, 1.82) is 0 Å². The maximum atomic E-state index is 13.6. The van der Waals surface area contributed by atoms with Crippen molar-refractivity contribution >= 4 is 17.6 Å². The second-order valence-corrected chi connectivity index (χ2v) is 8.70. The van der Waals surface area contributed by atoms with Gasteiger partial charge in [0.15, 0.2) is 0 Å². The molecular weight excluding hydrogens is 442 g/mol. The maximum Gasteiger partial charge on any atom is 0.325 e. The van der Waals surface area contributed by atoms with Crippen molar-refractivity contribution in [3.05, 3.63) is 144 Å². The molecule has 0 aliphatic heterocycles. The molecular formula is C30H28ClNO2. The van der Waals surface area contributed by atoms with Gasteiger partial charge in [-0.05, 0) is 22.3 Å². The average molecular weight is 470 g/mol. The summed E-state index contributed by atoms with van der Waals surface area (Å²) < 4.78 is 5.82. The van der Waals surface area contributed by atoms with Gasteiger partial charge in [0.2, 0.25) is 0 Å². The number of halogens is 1. The number of ether oxygens (including phenoxy) is 1. The van der Waals surface area contributed by atoms with Crippen LogP contribution >= 0.6 is 11.6 Å². The molecule has 0 bridgehead atoms. The highest BCUT2D eigenvalue weighted by Gasteiger charge is 2.35. The topological polar surface area (TPSA) is 29.5 Å². The molecule has 0 fully saturated rings. The number of benzene rings is 4. The van der Waals surface area contributed by atoms with Crippen molar-refractivity contribution in [2.75, 3.05) is 0 Å². The van der Waals surface area contributed by atoms with E-state index in [0.717, 1.165) is 22.3 Å². The molecule has 0 spiro atoms. The Kier molecular flexibility index (Phi) is 8.50. The van der Waals surface area contributed by atoms with Gasteiger partial charge in [0, 0.05) is 13.1 Å². The van der Waals surface area contributed by atoms with Crippen molar-refractivity contribution in [3.8, 4) is 0 Å². The Balaban J connectivity index is 1.66. The normalized spacial score (nSPS) is 12.8. The lowest BCUT2D eigenvalue weighted by Gasteiger charge is -2.33. The van der Waals surface area contributed by atoms with Gasteiger partial charge in [-0.2, -0.15) is 0 Å². The number of esters is 1. The molecule has 4 rings (SSSR count). The Bertz CT molecular complexity index is 1100. The van der Waals surface area contributed by atoms with Crippen LogP contribution < -0.4 is 0 Å². The van der Waals surface area contributed by atoms with E-state index in [-0.39, 0.29) is 12.6 Å². The van der Waals surface area contributed by atoms with E-state index in [1.54, 1.807) is 0 Å². The van der Waals surface area contributed by atoms with Gasteiger partial charge in [-0.25, -0.2) is 0 Å². The summed E-state index contributed by atoms with van der Waals surface area (Å²) in [7, 11) is 0. The zero-order valence-corrected chi connectivity index (χ0v) is 19.7. The minimum atomic E-state index is -0.673. The second kappa shape index (κ2) is 12.2. The van der Waals surface area contributed by atoms with Gasteiger partial charge in [-0.3, -0.25) is 9.69 Å². The molecule has 0 aliphatic rings. The zero-order valence-electron chi connectivity index (χ0n) is 19.0. The molecule has 4 aromatic rings. The van der Waals surface area contributed by atoms with Crippen molar-refractivity contribution in [3.63, 3.8) is 0 Å². The molecule has 0 unspecified atom stereocenters. The number of hydrogen-bond donors (Lipinski definition) is 0. The molecule has 2 atom stereocenters. The van der Waals surface area contributed by atoms with Crippen LogP contribution in [0, 0.1) is 0 Å². The lowest BCUT2D eigenvalue weighted by atomic mass is 10.0. The summed E-state index contributed by atoms with van der Waals surface area (Å²) in [5.41, 5.74) is 4.04. The van der Waals surface area contributed by atoms with Crippen LogP contribution in [0.1, 0.15) is 27.6 Å². The predicted octanol–water partition coefficient (Wildman–Crippen LogP) is 6.78. The van der Waals surface area contributed by atoms with Crippen LogP contribution in [0.3, 0.4) is 0 Å². The summed E-state index contributed by atoms with van der Waals surface area (Å²) in [6.07, 6.45) is 0. The molecule has 0 amide bonds. The summed E-state index contributed by atoms with van der Waals surface area (Å²) in [6.45, 7) is 1.34. The Morgan fingerprint density at radius 3 is 1.53 bits per heavy atom. The molecule has 0 saturated heterocycles. The van der Waals surface area contributed by atoms with E-state index >= 15 is 0 Å². The Morgan fingerprint density at radius 1 is 0.647 bits per heavy atom. The van der Waals surface area contributed by atoms with E-state index in [4.69, 9.17) is 16.3 Å². The van der Waals surface area contributed by atoms with Gasteiger partial charge in [0.05, 0.1) is 5.38 Å². The first-order valence-corrected chi connectivity index (χ1v) is 11.9. The van der Waals surface area contributed by atoms with Crippen LogP contribution in [-0.2, 0) is 29.2 Å². The molecule has 0 heterocycles. The summed E-state index contributed by atoms with van der Waals surface area (Å²) in [5.74, 6) is -0.334. The van der Waals surface area contributed by atoms with Crippen molar-refractivity contribution in [2.24, 2.45) is 0 Å². The molecule has 0 aromatic heterocycles. The molecule has 0 N–H and O–H groups in total. The molecule has 0 radical (unpaired) electrons. The summed E-state index contributed by atoms with van der Waals surface area (Å²) >= 11 is 7.03. The number of nitrogens with zero attached hydrogens (tertiary/aromatic N) is 1. The Hall–Kier alpha value is -3.40. The zero-order chi connectivity index (χ0) is 23.6. The fourth-order valence-corrected chi connectivity index (χ4v) is 4.38. The molecule has 172 valence electrons. The van der Waals surface area contributed by atoms with Crippen LogP contribution in [0.15, 0.2) is 121 Å². The van der Waals surface area contributed by atoms with Crippen LogP contribution in [0.4, 0.5) is 0 Å². The fraction of sp³-hybridized carbons (Fsp3) is 0.167. The Morgan fingerprint density at radius 2 is 1.06 bits per heavy atom. The van der Waals surface area contributed by atoms with Crippen LogP contribution in [-0.4, -0.2) is 16.9 Å². The first-order valence-electron chi connectivity index (χ1n) is 11.4. The monoisotopic (exact) mass is 469 g/mol. The minimum absolute atomic E-state index is 0.207. The minimum Gasteiger partial charge on any atom is -0.460 e. The average Bonchev–Trinajstić information content (AvgIpc) is 2.90. The SMILES string of the molecule is O=C(OCc1ccccc1)[C@@H]([C@@H](Cl)c1ccccc1)N(Cc1ccccc1)Cc1ccccc1. The third-order valence-electron chi connectivity index (χ3n) is 5.71. The first-order chi connectivity index (χ1) is 16.7. The number of hydrogen-bond acceptors (Lipinski definition) is 3. The Labute approximate surface area is 206 Å². The first kappa shape index (κ1) is 23.7. The van der Waals surface area contributed by atoms with E-state index in [9.17, 15) is 4.79 Å². The van der Waals surface area contributed by atoms with Gasteiger partial charge < -0.3 is 4.74 Å². The van der Waals surface area contributed by atoms with E-state index < -0.39 is 11.4 Å². The van der Waals surface area contributed by atoms with E-state index in [1.807, 2.05) is 97.1 Å². The molecule has 34 heavy (non-hydrogen) atoms. The quantitative estimate of drug-likeness (QED) is 0.189. The molecule has 0 aliphatic carbocycles. The third-order valence-corrected chi connectivity index (χ3v) is 6.20. The molecule has 0 saturated carbocycles. The predicted molar refractivity (Wildman–Crippen MR) is 137 cm³/mol. The van der Waals surface area contributed by atoms with Crippen molar-refractivity contribution in [2.45, 2.75) is 31.1 Å².